The van der Waals surface area contributed by atoms with Crippen molar-refractivity contribution in [3.8, 4) is 17.2 Å². The van der Waals surface area contributed by atoms with Crippen molar-refractivity contribution in [2.24, 2.45) is 10.7 Å². The zero-order valence-electron chi connectivity index (χ0n) is 14.8. The molecule has 0 unspecified atom stereocenters. The normalized spacial score (nSPS) is 11.2. The number of amidine groups is 1. The summed E-state index contributed by atoms with van der Waals surface area (Å²) in [7, 11) is 4.92. The molecule has 0 saturated carbocycles. The lowest BCUT2D eigenvalue weighted by Crippen LogP contribution is -2.08. The Balaban J connectivity index is 1.84. The summed E-state index contributed by atoms with van der Waals surface area (Å²) in [4.78, 5) is 4.43. The molecule has 0 aliphatic heterocycles. The average molecular weight is 360 g/mol. The molecule has 2 aromatic carbocycles. The maximum Gasteiger partial charge on any atom is 0.160 e. The standard InChI is InChI=1S/C19H24N2O3S/c1-22-16-6-4-5-15(11-16)13-25-19(20)21-10-9-14-7-8-17(23-2)18(12-14)24-3/h4-8,11-12H,9-10,13H2,1-3H3,(H2,20,21). The molecule has 0 spiro atoms. The van der Waals surface area contributed by atoms with Gasteiger partial charge in [0.1, 0.15) is 5.75 Å². The highest BCUT2D eigenvalue weighted by Crippen LogP contribution is 2.27. The number of methoxy groups -OCH3 is 3. The SMILES string of the molecule is COc1cccc(CSC(N)=NCCc2ccc(OC)c(OC)c2)c1. The summed E-state index contributed by atoms with van der Waals surface area (Å²) >= 11 is 1.53. The summed E-state index contributed by atoms with van der Waals surface area (Å²) in [6.45, 7) is 0.631. The van der Waals surface area contributed by atoms with Crippen molar-refractivity contribution < 1.29 is 14.2 Å². The second-order valence-corrected chi connectivity index (χ2v) is 6.30. The topological polar surface area (TPSA) is 66.1 Å². The fraction of sp³-hybridized carbons (Fsp3) is 0.316. The van der Waals surface area contributed by atoms with E-state index in [1.165, 1.54) is 11.8 Å². The first-order valence-corrected chi connectivity index (χ1v) is 8.91. The van der Waals surface area contributed by atoms with E-state index in [-0.39, 0.29) is 0 Å². The van der Waals surface area contributed by atoms with E-state index in [0.29, 0.717) is 11.7 Å². The monoisotopic (exact) mass is 360 g/mol. The Labute approximate surface area is 153 Å². The number of thioether (sulfide) groups is 1. The summed E-state index contributed by atoms with van der Waals surface area (Å²) in [6, 6.07) is 13.8. The van der Waals surface area contributed by atoms with E-state index in [1.807, 2.05) is 42.5 Å². The van der Waals surface area contributed by atoms with Gasteiger partial charge in [0.2, 0.25) is 0 Å². The minimum Gasteiger partial charge on any atom is -0.497 e. The molecule has 2 N–H and O–H groups in total. The van der Waals surface area contributed by atoms with Crippen molar-refractivity contribution in [3.63, 3.8) is 0 Å². The van der Waals surface area contributed by atoms with Crippen LogP contribution in [0.5, 0.6) is 17.2 Å². The van der Waals surface area contributed by atoms with Crippen LogP contribution >= 0.6 is 11.8 Å². The maximum atomic E-state index is 5.99. The molecular weight excluding hydrogens is 336 g/mol. The number of hydrogen-bond donors (Lipinski definition) is 1. The van der Waals surface area contributed by atoms with Gasteiger partial charge in [-0.1, -0.05) is 30.0 Å². The summed E-state index contributed by atoms with van der Waals surface area (Å²) in [6.07, 6.45) is 0.792. The molecule has 5 nitrogen and oxygen atoms in total. The second kappa shape index (κ2) is 9.84. The largest absolute Gasteiger partial charge is 0.497 e. The van der Waals surface area contributed by atoms with Gasteiger partial charge in [-0.25, -0.2) is 0 Å². The predicted octanol–water partition coefficient (Wildman–Crippen LogP) is 3.50. The fourth-order valence-corrected chi connectivity index (χ4v) is 2.97. The molecule has 6 heteroatoms. The maximum absolute atomic E-state index is 5.99. The van der Waals surface area contributed by atoms with E-state index in [2.05, 4.69) is 4.99 Å². The van der Waals surface area contributed by atoms with Gasteiger partial charge in [0.05, 0.1) is 21.3 Å². The van der Waals surface area contributed by atoms with Gasteiger partial charge in [-0.2, -0.15) is 0 Å². The predicted molar refractivity (Wildman–Crippen MR) is 104 cm³/mol. The smallest absolute Gasteiger partial charge is 0.160 e. The van der Waals surface area contributed by atoms with Crippen LogP contribution in [0.4, 0.5) is 0 Å². The van der Waals surface area contributed by atoms with Crippen LogP contribution in [0.25, 0.3) is 0 Å². The molecule has 0 aromatic heterocycles. The molecule has 2 rings (SSSR count). The molecule has 134 valence electrons. The quantitative estimate of drug-likeness (QED) is 0.576. The van der Waals surface area contributed by atoms with Crippen molar-refractivity contribution in [2.75, 3.05) is 27.9 Å². The van der Waals surface area contributed by atoms with Crippen LogP contribution in [0, 0.1) is 0 Å². The Morgan fingerprint density at radius 3 is 2.48 bits per heavy atom. The number of benzene rings is 2. The molecule has 0 aliphatic rings. The van der Waals surface area contributed by atoms with Gasteiger partial charge in [-0.3, -0.25) is 4.99 Å². The van der Waals surface area contributed by atoms with E-state index in [0.717, 1.165) is 40.5 Å². The lowest BCUT2D eigenvalue weighted by atomic mass is 10.1. The van der Waals surface area contributed by atoms with Crippen LogP contribution in [-0.4, -0.2) is 33.0 Å². The van der Waals surface area contributed by atoms with Gasteiger partial charge in [-0.15, -0.1) is 0 Å². The second-order valence-electron chi connectivity index (χ2n) is 5.30. The summed E-state index contributed by atoms with van der Waals surface area (Å²) in [5, 5.41) is 0.586. The van der Waals surface area contributed by atoms with Gasteiger partial charge >= 0.3 is 0 Å². The van der Waals surface area contributed by atoms with Crippen LogP contribution in [0.1, 0.15) is 11.1 Å². The third-order valence-corrected chi connectivity index (χ3v) is 4.54. The Hall–Kier alpha value is -2.34. The van der Waals surface area contributed by atoms with Crippen molar-refractivity contribution in [1.29, 1.82) is 0 Å². The molecule has 0 aliphatic carbocycles. The zero-order valence-corrected chi connectivity index (χ0v) is 15.6. The van der Waals surface area contributed by atoms with E-state index in [1.54, 1.807) is 21.3 Å². The molecule has 0 bridgehead atoms. The van der Waals surface area contributed by atoms with Crippen molar-refractivity contribution in [1.82, 2.24) is 0 Å². The van der Waals surface area contributed by atoms with Gasteiger partial charge in [0.25, 0.3) is 0 Å². The number of aliphatic imine (C=N–C) groups is 1. The first-order chi connectivity index (χ1) is 12.2. The van der Waals surface area contributed by atoms with Crippen molar-refractivity contribution >= 4 is 16.9 Å². The van der Waals surface area contributed by atoms with E-state index < -0.39 is 0 Å². The lowest BCUT2D eigenvalue weighted by Gasteiger charge is -2.09. The highest BCUT2D eigenvalue weighted by Gasteiger charge is 2.04. The first-order valence-electron chi connectivity index (χ1n) is 7.92. The summed E-state index contributed by atoms with van der Waals surface area (Å²) < 4.78 is 15.8. The third kappa shape index (κ3) is 5.90. The van der Waals surface area contributed by atoms with Crippen LogP contribution in [0.2, 0.25) is 0 Å². The molecule has 0 amide bonds. The minimum absolute atomic E-state index is 0.586. The minimum atomic E-state index is 0.586. The Morgan fingerprint density at radius 2 is 1.76 bits per heavy atom. The molecular formula is C19H24N2O3S. The van der Waals surface area contributed by atoms with E-state index >= 15 is 0 Å². The van der Waals surface area contributed by atoms with Crippen LogP contribution in [0.15, 0.2) is 47.5 Å². The van der Waals surface area contributed by atoms with Crippen molar-refractivity contribution in [3.05, 3.63) is 53.6 Å². The zero-order chi connectivity index (χ0) is 18.1. The number of nitrogens with two attached hydrogens (primary N) is 1. The molecule has 0 heterocycles. The average Bonchev–Trinajstić information content (AvgIpc) is 2.66. The van der Waals surface area contributed by atoms with Crippen LogP contribution in [0.3, 0.4) is 0 Å². The van der Waals surface area contributed by atoms with Gasteiger partial charge in [-0.05, 0) is 41.8 Å². The van der Waals surface area contributed by atoms with E-state index in [9.17, 15) is 0 Å². The van der Waals surface area contributed by atoms with Crippen molar-refractivity contribution in [2.45, 2.75) is 12.2 Å². The number of rotatable bonds is 8. The Bertz CT molecular complexity index is 720. The van der Waals surface area contributed by atoms with Crippen LogP contribution < -0.4 is 19.9 Å². The summed E-state index contributed by atoms with van der Waals surface area (Å²) in [5.41, 5.74) is 8.28. The van der Waals surface area contributed by atoms with Crippen LogP contribution in [-0.2, 0) is 12.2 Å². The lowest BCUT2D eigenvalue weighted by molar-refractivity contribution is 0.354. The van der Waals surface area contributed by atoms with Gasteiger partial charge in [0.15, 0.2) is 16.7 Å². The van der Waals surface area contributed by atoms with Gasteiger partial charge < -0.3 is 19.9 Å². The Morgan fingerprint density at radius 1 is 0.960 bits per heavy atom. The molecule has 2 aromatic rings. The van der Waals surface area contributed by atoms with E-state index in [4.69, 9.17) is 19.9 Å². The highest BCUT2D eigenvalue weighted by molar-refractivity contribution is 8.13. The number of ether oxygens (including phenoxy) is 3. The molecule has 0 radical (unpaired) electrons. The van der Waals surface area contributed by atoms with Gasteiger partial charge in [0, 0.05) is 12.3 Å². The fourth-order valence-electron chi connectivity index (χ4n) is 2.30. The molecule has 0 saturated heterocycles. The Kier molecular flexibility index (Phi) is 7.47. The molecule has 0 atom stereocenters. The first kappa shape index (κ1) is 19.0. The highest BCUT2D eigenvalue weighted by atomic mass is 32.2. The molecule has 25 heavy (non-hydrogen) atoms. The number of hydrogen-bond acceptors (Lipinski definition) is 5. The molecule has 0 fully saturated rings. The third-order valence-electron chi connectivity index (χ3n) is 3.64. The number of nitrogens with zero attached hydrogens (tertiary/aromatic N) is 1. The summed E-state index contributed by atoms with van der Waals surface area (Å²) in [5.74, 6) is 3.07.